The Hall–Kier alpha value is -2.78. The topological polar surface area (TPSA) is 299 Å². The van der Waals surface area contributed by atoms with E-state index in [4.69, 9.17) is 34.3 Å². The molecule has 8 rings (SSSR count). The minimum atomic E-state index is -4.98. The van der Waals surface area contributed by atoms with Crippen molar-refractivity contribution < 1.29 is 52.0 Å². The number of aliphatic hydroxyl groups is 2. The van der Waals surface area contributed by atoms with Crippen LogP contribution in [0.5, 0.6) is 0 Å². The highest BCUT2D eigenvalue weighted by Crippen LogP contribution is 2.72. The highest BCUT2D eigenvalue weighted by Gasteiger charge is 2.74. The lowest BCUT2D eigenvalue weighted by atomic mass is 10.0. The molecule has 45 heavy (non-hydrogen) atoms. The number of anilines is 1. The molecule has 6 heterocycles. The summed E-state index contributed by atoms with van der Waals surface area (Å²) in [5.41, 5.74) is 11.9. The number of aliphatic hydroxyl groups excluding tert-OH is 2. The van der Waals surface area contributed by atoms with Crippen LogP contribution >= 0.6 is 15.6 Å². The molecule has 23 heteroatoms. The Morgan fingerprint density at radius 2 is 1.87 bits per heavy atom. The van der Waals surface area contributed by atoms with Crippen molar-refractivity contribution in [3.63, 3.8) is 0 Å². The third-order valence-corrected chi connectivity index (χ3v) is 11.1. The molecule has 21 nitrogen and oxygen atoms in total. The quantitative estimate of drug-likeness (QED) is 0.189. The lowest BCUT2D eigenvalue weighted by Gasteiger charge is -2.30. The average molecular weight is 670 g/mol. The highest BCUT2D eigenvalue weighted by atomic mass is 31.2. The number of phosphoric ester groups is 2. The van der Waals surface area contributed by atoms with Crippen LogP contribution in [0.25, 0.3) is 11.2 Å². The number of aromatic nitrogens is 6. The molecule has 2 saturated carbocycles. The fourth-order valence-electron chi connectivity index (χ4n) is 6.87. The van der Waals surface area contributed by atoms with Gasteiger partial charge in [-0.05, 0) is 12.3 Å². The van der Waals surface area contributed by atoms with Crippen molar-refractivity contribution in [1.29, 1.82) is 0 Å². The van der Waals surface area contributed by atoms with Gasteiger partial charge >= 0.3 is 15.6 Å². The van der Waals surface area contributed by atoms with Gasteiger partial charge in [-0.1, -0.05) is 0 Å². The minimum Gasteiger partial charge on any atom is -0.388 e. The lowest BCUT2D eigenvalue weighted by molar-refractivity contribution is -0.0710. The summed E-state index contributed by atoms with van der Waals surface area (Å²) in [5, 5.41) is 34.8. The van der Waals surface area contributed by atoms with Crippen molar-refractivity contribution in [1.82, 2.24) is 29.3 Å². The van der Waals surface area contributed by atoms with Gasteiger partial charge in [-0.3, -0.25) is 18.1 Å². The summed E-state index contributed by atoms with van der Waals surface area (Å²) in [5.74, 6) is -0.191. The normalized spacial score (nSPS) is 44.4. The number of imidazole rings is 1. The van der Waals surface area contributed by atoms with E-state index < -0.39 is 89.0 Å². The molecular weight excluding hydrogens is 642 g/mol. The van der Waals surface area contributed by atoms with Crippen LogP contribution in [0, 0.1) is 11.3 Å². The van der Waals surface area contributed by atoms with Gasteiger partial charge in [-0.2, -0.15) is 10.2 Å². The average Bonchev–Trinajstić information content (AvgIpc) is 3.28. The van der Waals surface area contributed by atoms with Crippen molar-refractivity contribution in [3.05, 3.63) is 24.4 Å². The van der Waals surface area contributed by atoms with Crippen LogP contribution < -0.4 is 11.5 Å². The Balaban J connectivity index is 1.13. The monoisotopic (exact) mass is 670 g/mol. The molecule has 12 atom stereocenters. The first-order valence-electron chi connectivity index (χ1n) is 13.9. The smallest absolute Gasteiger partial charge is 0.388 e. The van der Waals surface area contributed by atoms with Gasteiger partial charge in [0, 0.05) is 11.0 Å². The number of ether oxygens (including phenoxy) is 1. The molecule has 242 valence electrons. The molecule has 0 aromatic carbocycles. The summed E-state index contributed by atoms with van der Waals surface area (Å²) < 4.78 is 57.0. The van der Waals surface area contributed by atoms with E-state index in [1.54, 1.807) is 4.57 Å². The molecule has 0 radical (unpaired) electrons. The number of nitrogens with zero attached hydrogens (tertiary/aromatic N) is 8. The van der Waals surface area contributed by atoms with Crippen LogP contribution in [0.15, 0.2) is 29.1 Å². The number of azo groups is 1. The SMILES string of the molecule is Nc1ncnc2c1ncn2[C@H]1[C@H](O)[C@@H]2OP(=O)(O)OC[C@H]3O[C@@H](n4ncc5c4N=NCC5N)[C@H](OP(=O)(O)OC[C@@]24C[C@H]14)[C@@H]3O. The number of hydrogen-bond acceptors (Lipinski definition) is 17. The van der Waals surface area contributed by atoms with Crippen LogP contribution in [0.1, 0.15) is 30.3 Å². The summed E-state index contributed by atoms with van der Waals surface area (Å²) in [6, 6.07) is -1.32. The zero-order valence-corrected chi connectivity index (χ0v) is 24.8. The summed E-state index contributed by atoms with van der Waals surface area (Å²) >= 11 is 0. The molecule has 0 amide bonds. The van der Waals surface area contributed by atoms with Gasteiger partial charge in [-0.15, -0.1) is 5.11 Å². The second kappa shape index (κ2) is 10.1. The van der Waals surface area contributed by atoms with E-state index in [0.717, 1.165) is 0 Å². The Morgan fingerprint density at radius 3 is 2.69 bits per heavy atom. The zero-order chi connectivity index (χ0) is 31.5. The first-order valence-corrected chi connectivity index (χ1v) is 16.8. The van der Waals surface area contributed by atoms with Crippen LogP contribution in [-0.2, 0) is 32.0 Å². The van der Waals surface area contributed by atoms with E-state index in [1.165, 1.54) is 23.5 Å². The van der Waals surface area contributed by atoms with Gasteiger partial charge in [0.25, 0.3) is 0 Å². The molecule has 4 fully saturated rings. The van der Waals surface area contributed by atoms with Gasteiger partial charge in [0.2, 0.25) is 0 Å². The Morgan fingerprint density at radius 1 is 1.07 bits per heavy atom. The van der Waals surface area contributed by atoms with E-state index in [-0.39, 0.29) is 30.1 Å². The standard InChI is InChI=1S/C22H28N10O11P2/c23-10-3-28-30-19-8(10)2-29-32(19)21-16-14(33)11(41-21)4-39-44(35,36)43-17-15(34)13(9-1-22(9,17)5-40-45(37,38)42-16)31-7-27-12-18(24)25-6-26-20(12)31/h2,6-7,9-11,13-17,21,33-34H,1,3-5,23H2,(H,35,36)(H,37,38)(H2,24,25,26)/t9-,10?,11-,13-,14-,15+,16-,17+,21-,22-/m1/s1. The summed E-state index contributed by atoms with van der Waals surface area (Å²) in [6.45, 7) is -1.03. The molecule has 2 bridgehead atoms. The molecule has 8 N–H and O–H groups in total. The Labute approximate surface area is 252 Å². The molecule has 3 aliphatic heterocycles. The Kier molecular flexibility index (Phi) is 6.65. The second-order valence-electron chi connectivity index (χ2n) is 11.7. The third-order valence-electron chi connectivity index (χ3n) is 9.12. The number of hydrogen-bond donors (Lipinski definition) is 6. The maximum absolute atomic E-state index is 13.4. The van der Waals surface area contributed by atoms with Gasteiger partial charge in [0.15, 0.2) is 23.5 Å². The lowest BCUT2D eigenvalue weighted by Crippen LogP contribution is -2.38. The fourth-order valence-corrected chi connectivity index (χ4v) is 8.88. The maximum atomic E-state index is 13.4. The van der Waals surface area contributed by atoms with E-state index in [2.05, 4.69) is 30.3 Å². The maximum Gasteiger partial charge on any atom is 0.472 e. The first-order chi connectivity index (χ1) is 21.4. The molecule has 3 unspecified atom stereocenters. The molecule has 3 aromatic heterocycles. The summed E-state index contributed by atoms with van der Waals surface area (Å²) in [7, 11) is -9.94. The van der Waals surface area contributed by atoms with Crippen LogP contribution in [0.4, 0.5) is 11.6 Å². The first kappa shape index (κ1) is 29.6. The van der Waals surface area contributed by atoms with Crippen molar-refractivity contribution in [2.24, 2.45) is 27.3 Å². The number of rotatable bonds is 2. The van der Waals surface area contributed by atoms with Crippen molar-refractivity contribution in [2.45, 2.75) is 55.3 Å². The molecule has 1 spiro atoms. The zero-order valence-electron chi connectivity index (χ0n) is 23.0. The molecule has 3 aromatic rings. The van der Waals surface area contributed by atoms with Crippen LogP contribution in [0.2, 0.25) is 0 Å². The molecule has 2 saturated heterocycles. The highest BCUT2D eigenvalue weighted by molar-refractivity contribution is 7.47. The minimum absolute atomic E-state index is 0.115. The van der Waals surface area contributed by atoms with Gasteiger partial charge in [0.05, 0.1) is 44.4 Å². The number of fused-ring (bicyclic) bond motifs is 4. The van der Waals surface area contributed by atoms with E-state index in [9.17, 15) is 29.1 Å². The van der Waals surface area contributed by atoms with Crippen LogP contribution in [0.3, 0.4) is 0 Å². The number of nitrogen functional groups attached to an aromatic ring is 1. The van der Waals surface area contributed by atoms with Gasteiger partial charge < -0.3 is 40.8 Å². The number of phosphoric acid groups is 2. The van der Waals surface area contributed by atoms with Crippen molar-refractivity contribution in [3.8, 4) is 0 Å². The van der Waals surface area contributed by atoms with Crippen LogP contribution in [-0.4, -0.2) is 99.6 Å². The predicted molar refractivity (Wildman–Crippen MR) is 145 cm³/mol. The largest absolute Gasteiger partial charge is 0.472 e. The summed E-state index contributed by atoms with van der Waals surface area (Å²) in [6.07, 6.45) is -4.51. The van der Waals surface area contributed by atoms with Gasteiger partial charge in [-0.25, -0.2) is 28.8 Å². The van der Waals surface area contributed by atoms with E-state index in [1.807, 2.05) is 0 Å². The van der Waals surface area contributed by atoms with E-state index >= 15 is 0 Å². The van der Waals surface area contributed by atoms with Crippen molar-refractivity contribution in [2.75, 3.05) is 25.5 Å². The number of nitrogens with two attached hydrogens (primary N) is 2. The molecular formula is C22H28N10O11P2. The second-order valence-corrected chi connectivity index (χ2v) is 14.5. The molecule has 5 aliphatic rings. The predicted octanol–water partition coefficient (Wildman–Crippen LogP) is -0.400. The third kappa shape index (κ3) is 4.61. The van der Waals surface area contributed by atoms with E-state index in [0.29, 0.717) is 11.2 Å². The fraction of sp³-hybridized carbons (Fsp3) is 0.636. The molecule has 2 aliphatic carbocycles. The van der Waals surface area contributed by atoms with Crippen molar-refractivity contribution >= 4 is 38.4 Å². The summed E-state index contributed by atoms with van der Waals surface area (Å²) in [4.78, 5) is 34.0. The van der Waals surface area contributed by atoms with Gasteiger partial charge in [0.1, 0.15) is 42.4 Å². The Bertz CT molecular complexity index is 1810.